The van der Waals surface area contributed by atoms with Gasteiger partial charge in [-0.25, -0.2) is 14.6 Å². The van der Waals surface area contributed by atoms with Crippen LogP contribution in [0, 0.1) is 0 Å². The van der Waals surface area contributed by atoms with Crippen molar-refractivity contribution >= 4 is 12.1 Å². The number of carbonyl (C=O) groups is 2. The molecular formula is C12H19N3O4. The van der Waals surface area contributed by atoms with Gasteiger partial charge >= 0.3 is 12.1 Å². The van der Waals surface area contributed by atoms with E-state index in [4.69, 9.17) is 4.74 Å². The summed E-state index contributed by atoms with van der Waals surface area (Å²) in [6.07, 6.45) is 2.43. The maximum absolute atomic E-state index is 11.4. The molecule has 0 spiro atoms. The molecule has 0 fully saturated rings. The van der Waals surface area contributed by atoms with E-state index in [2.05, 4.69) is 15.0 Å². The number of carbonyl (C=O) groups excluding carboxylic acids is 2. The van der Waals surface area contributed by atoms with Crippen LogP contribution < -0.4 is 5.32 Å². The molecule has 1 heterocycles. The fraction of sp³-hybridized carbons (Fsp3) is 0.583. The normalized spacial score (nSPS) is 10.9. The molecule has 1 N–H and O–H groups in total. The first-order chi connectivity index (χ1) is 8.83. The Bertz CT molecular complexity index is 448. The molecule has 0 saturated carbocycles. The van der Waals surface area contributed by atoms with Crippen molar-refractivity contribution in [1.82, 2.24) is 14.9 Å². The average molecular weight is 269 g/mol. The van der Waals surface area contributed by atoms with E-state index in [0.29, 0.717) is 18.8 Å². The molecule has 0 aliphatic carbocycles. The monoisotopic (exact) mass is 269 g/mol. The molecule has 7 nitrogen and oxygen atoms in total. The molecule has 0 atom stereocenters. The molecule has 1 aromatic heterocycles. The van der Waals surface area contributed by atoms with Crippen LogP contribution >= 0.6 is 0 Å². The van der Waals surface area contributed by atoms with Crippen LogP contribution in [0.15, 0.2) is 12.5 Å². The molecule has 0 unspecified atom stereocenters. The number of nitrogens with zero attached hydrogens (tertiary/aromatic N) is 2. The quantitative estimate of drug-likeness (QED) is 0.830. The highest BCUT2D eigenvalue weighted by Gasteiger charge is 2.16. The summed E-state index contributed by atoms with van der Waals surface area (Å²) in [6.45, 7) is 6.10. The lowest BCUT2D eigenvalue weighted by Crippen LogP contribution is -2.34. The Hall–Kier alpha value is -2.05. The third-order valence-electron chi connectivity index (χ3n) is 2.13. The Kier molecular flexibility index (Phi) is 4.91. The molecular weight excluding hydrogens is 250 g/mol. The van der Waals surface area contributed by atoms with Gasteiger partial charge in [0.25, 0.3) is 0 Å². The Labute approximate surface area is 111 Å². The van der Waals surface area contributed by atoms with Gasteiger partial charge in [0.15, 0.2) is 0 Å². The molecule has 1 amide bonds. The summed E-state index contributed by atoms with van der Waals surface area (Å²) in [7, 11) is 1.30. The van der Waals surface area contributed by atoms with Crippen molar-refractivity contribution < 1.29 is 19.1 Å². The zero-order valence-corrected chi connectivity index (χ0v) is 11.6. The van der Waals surface area contributed by atoms with Crippen molar-refractivity contribution in [2.45, 2.75) is 32.9 Å². The van der Waals surface area contributed by atoms with Crippen molar-refractivity contribution in [2.24, 2.45) is 0 Å². The van der Waals surface area contributed by atoms with Crippen molar-refractivity contribution in [3.8, 4) is 0 Å². The van der Waals surface area contributed by atoms with Gasteiger partial charge in [-0.15, -0.1) is 0 Å². The summed E-state index contributed by atoms with van der Waals surface area (Å²) < 4.78 is 11.3. The first-order valence-electron chi connectivity index (χ1n) is 5.89. The number of nitrogens with one attached hydrogen (secondary N) is 1. The Morgan fingerprint density at radius 2 is 2.11 bits per heavy atom. The number of hydrogen-bond donors (Lipinski definition) is 1. The van der Waals surface area contributed by atoms with E-state index in [9.17, 15) is 9.59 Å². The number of rotatable bonds is 4. The highest BCUT2D eigenvalue weighted by molar-refractivity contribution is 5.87. The number of hydrogen-bond acceptors (Lipinski definition) is 5. The van der Waals surface area contributed by atoms with Crippen LogP contribution in [0.4, 0.5) is 4.79 Å². The maximum Gasteiger partial charge on any atom is 0.407 e. The maximum atomic E-state index is 11.4. The molecule has 1 rings (SSSR count). The molecule has 19 heavy (non-hydrogen) atoms. The molecule has 7 heteroatoms. The van der Waals surface area contributed by atoms with Gasteiger partial charge in [0.05, 0.1) is 19.6 Å². The third kappa shape index (κ3) is 4.99. The third-order valence-corrected chi connectivity index (χ3v) is 2.13. The van der Waals surface area contributed by atoms with E-state index in [0.717, 1.165) is 0 Å². The van der Waals surface area contributed by atoms with Crippen LogP contribution in [0.25, 0.3) is 0 Å². The summed E-state index contributed by atoms with van der Waals surface area (Å²) in [6, 6.07) is 0. The number of alkyl carbamates (subject to hydrolysis) is 1. The molecule has 0 aliphatic heterocycles. The van der Waals surface area contributed by atoms with E-state index < -0.39 is 17.7 Å². The van der Waals surface area contributed by atoms with Crippen LogP contribution in [0.1, 0.15) is 31.3 Å². The minimum absolute atomic E-state index is 0.329. The number of amides is 1. The lowest BCUT2D eigenvalue weighted by Gasteiger charge is -2.19. The highest BCUT2D eigenvalue weighted by atomic mass is 16.6. The SMILES string of the molecule is COC(=O)c1cncn1CCNC(=O)OC(C)(C)C. The number of aromatic nitrogens is 2. The molecule has 1 aromatic rings. The summed E-state index contributed by atoms with van der Waals surface area (Å²) in [5.74, 6) is -0.463. The minimum atomic E-state index is -0.531. The fourth-order valence-corrected chi connectivity index (χ4v) is 1.37. The molecule has 106 valence electrons. The van der Waals surface area contributed by atoms with Gasteiger partial charge in [-0.2, -0.15) is 0 Å². The Morgan fingerprint density at radius 1 is 1.42 bits per heavy atom. The predicted octanol–water partition coefficient (Wildman–Crippen LogP) is 1.19. The number of imidazole rings is 1. The van der Waals surface area contributed by atoms with Gasteiger partial charge in [-0.1, -0.05) is 0 Å². The summed E-state index contributed by atoms with van der Waals surface area (Å²) in [4.78, 5) is 26.7. The van der Waals surface area contributed by atoms with E-state index in [1.54, 1.807) is 25.3 Å². The van der Waals surface area contributed by atoms with Crippen molar-refractivity contribution in [2.75, 3.05) is 13.7 Å². The van der Waals surface area contributed by atoms with E-state index in [1.807, 2.05) is 0 Å². The first kappa shape index (κ1) is 15.0. The Morgan fingerprint density at radius 3 is 2.68 bits per heavy atom. The highest BCUT2D eigenvalue weighted by Crippen LogP contribution is 2.06. The standard InChI is InChI=1S/C12H19N3O4/c1-12(2,3)19-11(17)14-5-6-15-8-13-7-9(15)10(16)18-4/h7-8H,5-6H2,1-4H3,(H,14,17). The number of methoxy groups -OCH3 is 1. The lowest BCUT2D eigenvalue weighted by atomic mass is 10.2. The topological polar surface area (TPSA) is 82.5 Å². The van der Waals surface area contributed by atoms with Gasteiger partial charge < -0.3 is 19.4 Å². The van der Waals surface area contributed by atoms with Gasteiger partial charge in [0.2, 0.25) is 0 Å². The second-order valence-electron chi connectivity index (χ2n) is 4.89. The largest absolute Gasteiger partial charge is 0.464 e. The van der Waals surface area contributed by atoms with Gasteiger partial charge in [0.1, 0.15) is 11.3 Å². The second kappa shape index (κ2) is 6.21. The molecule has 0 bridgehead atoms. The zero-order chi connectivity index (χ0) is 14.5. The van der Waals surface area contributed by atoms with Crippen molar-refractivity contribution in [1.29, 1.82) is 0 Å². The smallest absolute Gasteiger partial charge is 0.407 e. The van der Waals surface area contributed by atoms with E-state index in [1.165, 1.54) is 19.6 Å². The van der Waals surface area contributed by atoms with Gasteiger partial charge in [0, 0.05) is 13.1 Å². The number of ether oxygens (including phenoxy) is 2. The van der Waals surface area contributed by atoms with Crippen molar-refractivity contribution in [3.05, 3.63) is 18.2 Å². The summed E-state index contributed by atoms with van der Waals surface area (Å²) in [5.41, 5.74) is -0.190. The molecule has 0 saturated heterocycles. The number of esters is 1. The molecule has 0 radical (unpaired) electrons. The van der Waals surface area contributed by atoms with Crippen LogP contribution in [-0.2, 0) is 16.0 Å². The Balaban J connectivity index is 2.44. The van der Waals surface area contributed by atoms with Crippen LogP contribution in [-0.4, -0.2) is 40.9 Å². The van der Waals surface area contributed by atoms with Crippen molar-refractivity contribution in [3.63, 3.8) is 0 Å². The second-order valence-corrected chi connectivity index (χ2v) is 4.89. The first-order valence-corrected chi connectivity index (χ1v) is 5.89. The molecule has 0 aliphatic rings. The fourth-order valence-electron chi connectivity index (χ4n) is 1.37. The zero-order valence-electron chi connectivity index (χ0n) is 11.6. The van der Waals surface area contributed by atoms with Crippen LogP contribution in [0.3, 0.4) is 0 Å². The molecule has 0 aromatic carbocycles. The van der Waals surface area contributed by atoms with Crippen LogP contribution in [0.5, 0.6) is 0 Å². The van der Waals surface area contributed by atoms with E-state index >= 15 is 0 Å². The lowest BCUT2D eigenvalue weighted by molar-refractivity contribution is 0.0526. The minimum Gasteiger partial charge on any atom is -0.464 e. The average Bonchev–Trinajstić information content (AvgIpc) is 2.74. The van der Waals surface area contributed by atoms with Gasteiger partial charge in [-0.05, 0) is 20.8 Å². The van der Waals surface area contributed by atoms with E-state index in [-0.39, 0.29) is 0 Å². The summed E-state index contributed by atoms with van der Waals surface area (Å²) in [5, 5.41) is 2.60. The van der Waals surface area contributed by atoms with Crippen LogP contribution in [0.2, 0.25) is 0 Å². The van der Waals surface area contributed by atoms with Gasteiger partial charge in [-0.3, -0.25) is 0 Å². The summed E-state index contributed by atoms with van der Waals surface area (Å²) >= 11 is 0. The predicted molar refractivity (Wildman–Crippen MR) is 67.8 cm³/mol.